The lowest BCUT2D eigenvalue weighted by Gasteiger charge is -2.38. The molecule has 33 heavy (non-hydrogen) atoms. The van der Waals surface area contributed by atoms with Gasteiger partial charge >= 0.3 is 6.09 Å². The summed E-state index contributed by atoms with van der Waals surface area (Å²) in [6, 6.07) is 13.1. The Kier molecular flexibility index (Phi) is 8.22. The van der Waals surface area contributed by atoms with Crippen LogP contribution >= 0.6 is 0 Å². The van der Waals surface area contributed by atoms with E-state index >= 15 is 0 Å². The Bertz CT molecular complexity index is 893. The molecule has 2 atom stereocenters. The van der Waals surface area contributed by atoms with Crippen LogP contribution in [0.25, 0.3) is 0 Å². The lowest BCUT2D eigenvalue weighted by atomic mass is 9.96. The Labute approximate surface area is 199 Å². The fraction of sp³-hybridized carbons (Fsp3) is 0.630. The minimum Gasteiger partial charge on any atom is -0.444 e. The van der Waals surface area contributed by atoms with E-state index < -0.39 is 5.60 Å². The molecular weight excluding hydrogens is 412 g/mol. The van der Waals surface area contributed by atoms with Gasteiger partial charge in [-0.1, -0.05) is 44.2 Å². The summed E-state index contributed by atoms with van der Waals surface area (Å²) in [5.41, 5.74) is 3.04. The van der Waals surface area contributed by atoms with Crippen LogP contribution < -0.4 is 5.32 Å². The highest BCUT2D eigenvalue weighted by Gasteiger charge is 2.29. The SMILES string of the molecule is Cc1cc(C(C)C)n(C2CCN(C(C)C[C@H](NC(=O)OC(C)(C)C)c3ccccc3)CC2)n1. The summed E-state index contributed by atoms with van der Waals surface area (Å²) in [5.74, 6) is 0.480. The summed E-state index contributed by atoms with van der Waals surface area (Å²) in [6.07, 6.45) is 2.67. The molecule has 1 N–H and O–H groups in total. The Hall–Kier alpha value is -2.34. The van der Waals surface area contributed by atoms with Crippen molar-refractivity contribution in [3.63, 3.8) is 0 Å². The number of nitrogens with zero attached hydrogens (tertiary/aromatic N) is 3. The van der Waals surface area contributed by atoms with Gasteiger partial charge in [-0.3, -0.25) is 4.68 Å². The van der Waals surface area contributed by atoms with Crippen LogP contribution in [0.2, 0.25) is 0 Å². The van der Waals surface area contributed by atoms with Crippen LogP contribution in [-0.4, -0.2) is 45.5 Å². The first-order valence-corrected chi connectivity index (χ1v) is 12.4. The molecule has 182 valence electrons. The van der Waals surface area contributed by atoms with Crippen LogP contribution in [-0.2, 0) is 4.74 Å². The van der Waals surface area contributed by atoms with Crippen molar-refractivity contribution in [2.45, 2.75) is 97.4 Å². The highest BCUT2D eigenvalue weighted by molar-refractivity contribution is 5.68. The van der Waals surface area contributed by atoms with E-state index in [1.165, 1.54) is 5.69 Å². The molecule has 1 aromatic heterocycles. The van der Waals surface area contributed by atoms with Crippen molar-refractivity contribution >= 4 is 6.09 Å². The minimum atomic E-state index is -0.515. The number of ether oxygens (including phenoxy) is 1. The number of benzene rings is 1. The number of aromatic nitrogens is 2. The number of alkyl carbamates (subject to hydrolysis) is 1. The summed E-state index contributed by atoms with van der Waals surface area (Å²) < 4.78 is 7.82. The van der Waals surface area contributed by atoms with Gasteiger partial charge in [0.15, 0.2) is 0 Å². The Morgan fingerprint density at radius 3 is 2.36 bits per heavy atom. The standard InChI is InChI=1S/C27H42N4O2/c1-19(2)25-17-20(3)29-31(25)23-13-15-30(16-14-23)21(4)18-24(22-11-9-8-10-12-22)28-26(32)33-27(5,6)7/h8-12,17,19,21,23-24H,13-16,18H2,1-7H3,(H,28,32)/t21?,24-/m0/s1. The molecule has 1 unspecified atom stereocenters. The maximum atomic E-state index is 12.5. The molecule has 2 heterocycles. The van der Waals surface area contributed by atoms with E-state index in [1.807, 2.05) is 39.0 Å². The smallest absolute Gasteiger partial charge is 0.408 e. The largest absolute Gasteiger partial charge is 0.444 e. The van der Waals surface area contributed by atoms with Gasteiger partial charge in [0.05, 0.1) is 17.8 Å². The van der Waals surface area contributed by atoms with Gasteiger partial charge < -0.3 is 15.0 Å². The maximum absolute atomic E-state index is 12.5. The predicted molar refractivity (Wildman–Crippen MR) is 134 cm³/mol. The number of nitrogens with one attached hydrogen (secondary N) is 1. The molecule has 0 saturated carbocycles. The summed E-state index contributed by atoms with van der Waals surface area (Å²) in [7, 11) is 0. The molecule has 0 aliphatic carbocycles. The molecule has 1 aliphatic rings. The van der Waals surface area contributed by atoms with Crippen LogP contribution in [0.3, 0.4) is 0 Å². The zero-order valence-electron chi connectivity index (χ0n) is 21.5. The van der Waals surface area contributed by atoms with Crippen molar-refractivity contribution in [1.82, 2.24) is 20.0 Å². The predicted octanol–water partition coefficient (Wildman–Crippen LogP) is 6.00. The van der Waals surface area contributed by atoms with Crippen LogP contribution in [0.4, 0.5) is 4.79 Å². The first kappa shape index (κ1) is 25.3. The van der Waals surface area contributed by atoms with Gasteiger partial charge in [0.2, 0.25) is 0 Å². The fourth-order valence-electron chi connectivity index (χ4n) is 4.74. The number of hydrogen-bond acceptors (Lipinski definition) is 4. The van der Waals surface area contributed by atoms with Gasteiger partial charge in [0.1, 0.15) is 5.60 Å². The first-order valence-electron chi connectivity index (χ1n) is 12.4. The highest BCUT2D eigenvalue weighted by Crippen LogP contribution is 2.30. The van der Waals surface area contributed by atoms with Crippen molar-refractivity contribution in [2.75, 3.05) is 13.1 Å². The second-order valence-corrected chi connectivity index (χ2v) is 10.8. The number of carbonyl (C=O) groups is 1. The summed E-state index contributed by atoms with van der Waals surface area (Å²) >= 11 is 0. The van der Waals surface area contributed by atoms with Crippen LogP contribution in [0.5, 0.6) is 0 Å². The third kappa shape index (κ3) is 7.07. The minimum absolute atomic E-state index is 0.0879. The van der Waals surface area contributed by atoms with Crippen molar-refractivity contribution in [2.24, 2.45) is 0 Å². The molecule has 1 aromatic carbocycles. The molecule has 1 amide bonds. The Balaban J connectivity index is 1.63. The third-order valence-corrected chi connectivity index (χ3v) is 6.42. The zero-order valence-corrected chi connectivity index (χ0v) is 21.5. The molecule has 3 rings (SSSR count). The number of hydrogen-bond donors (Lipinski definition) is 1. The quantitative estimate of drug-likeness (QED) is 0.558. The zero-order chi connectivity index (χ0) is 24.2. The number of carbonyl (C=O) groups excluding carboxylic acids is 1. The maximum Gasteiger partial charge on any atom is 0.408 e. The van der Waals surface area contributed by atoms with Gasteiger partial charge in [0, 0.05) is 24.8 Å². The Morgan fingerprint density at radius 2 is 1.79 bits per heavy atom. The highest BCUT2D eigenvalue weighted by atomic mass is 16.6. The second-order valence-electron chi connectivity index (χ2n) is 10.8. The molecule has 2 aromatic rings. The summed E-state index contributed by atoms with van der Waals surface area (Å²) in [4.78, 5) is 15.1. The van der Waals surface area contributed by atoms with Gasteiger partial charge in [-0.2, -0.15) is 5.10 Å². The summed E-state index contributed by atoms with van der Waals surface area (Å²) in [5, 5.41) is 7.93. The van der Waals surface area contributed by atoms with E-state index in [4.69, 9.17) is 9.84 Å². The lowest BCUT2D eigenvalue weighted by molar-refractivity contribution is 0.0486. The third-order valence-electron chi connectivity index (χ3n) is 6.42. The number of piperidine rings is 1. The molecule has 0 radical (unpaired) electrons. The van der Waals surface area contributed by atoms with Crippen molar-refractivity contribution < 1.29 is 9.53 Å². The molecule has 0 bridgehead atoms. The molecule has 6 heteroatoms. The van der Waals surface area contributed by atoms with Gasteiger partial charge in [-0.15, -0.1) is 0 Å². The Morgan fingerprint density at radius 1 is 1.15 bits per heavy atom. The number of aryl methyl sites for hydroxylation is 1. The number of amides is 1. The van der Waals surface area contributed by atoms with E-state index in [2.05, 4.69) is 60.8 Å². The van der Waals surface area contributed by atoms with E-state index in [0.717, 1.165) is 43.6 Å². The molecule has 1 saturated heterocycles. The first-order chi connectivity index (χ1) is 15.5. The van der Waals surface area contributed by atoms with Gasteiger partial charge in [-0.05, 0) is 71.4 Å². The van der Waals surface area contributed by atoms with Crippen LogP contribution in [0.1, 0.15) is 95.8 Å². The number of likely N-dealkylation sites (tertiary alicyclic amines) is 1. The molecule has 6 nitrogen and oxygen atoms in total. The number of rotatable bonds is 7. The van der Waals surface area contributed by atoms with E-state index in [1.54, 1.807) is 0 Å². The fourth-order valence-corrected chi connectivity index (χ4v) is 4.74. The molecule has 1 aliphatic heterocycles. The normalized spacial score (nSPS) is 17.7. The average molecular weight is 455 g/mol. The van der Waals surface area contributed by atoms with Gasteiger partial charge in [0.25, 0.3) is 0 Å². The van der Waals surface area contributed by atoms with Crippen molar-refractivity contribution in [1.29, 1.82) is 0 Å². The molecular formula is C27H42N4O2. The van der Waals surface area contributed by atoms with E-state index in [9.17, 15) is 4.79 Å². The average Bonchev–Trinajstić information content (AvgIpc) is 3.15. The van der Waals surface area contributed by atoms with Crippen molar-refractivity contribution in [3.8, 4) is 0 Å². The van der Waals surface area contributed by atoms with E-state index in [-0.39, 0.29) is 12.1 Å². The summed E-state index contributed by atoms with van der Waals surface area (Å²) in [6.45, 7) is 16.6. The van der Waals surface area contributed by atoms with Crippen LogP contribution in [0.15, 0.2) is 36.4 Å². The monoisotopic (exact) mass is 454 g/mol. The van der Waals surface area contributed by atoms with Crippen LogP contribution in [0, 0.1) is 6.92 Å². The molecule has 0 spiro atoms. The van der Waals surface area contributed by atoms with E-state index in [0.29, 0.717) is 18.0 Å². The van der Waals surface area contributed by atoms with Crippen molar-refractivity contribution in [3.05, 3.63) is 53.3 Å². The second kappa shape index (κ2) is 10.7. The molecule has 1 fully saturated rings. The lowest BCUT2D eigenvalue weighted by Crippen LogP contribution is -2.43. The topological polar surface area (TPSA) is 59.4 Å². The van der Waals surface area contributed by atoms with Gasteiger partial charge in [-0.25, -0.2) is 4.79 Å².